The topological polar surface area (TPSA) is 207 Å². The third kappa shape index (κ3) is 15.8. The highest BCUT2D eigenvalue weighted by molar-refractivity contribution is 6.00. The molecule has 4 amide bonds. The molecule has 2 aliphatic rings. The summed E-state index contributed by atoms with van der Waals surface area (Å²) in [5.74, 6) is -3.24. The van der Waals surface area contributed by atoms with E-state index in [2.05, 4.69) is 22.5 Å². The van der Waals surface area contributed by atoms with Crippen LogP contribution in [0.15, 0.2) is 29.3 Å². The summed E-state index contributed by atoms with van der Waals surface area (Å²) < 4.78 is 11.6. The van der Waals surface area contributed by atoms with Gasteiger partial charge in [-0.2, -0.15) is 0 Å². The molecule has 5 N–H and O–H groups in total. The van der Waals surface area contributed by atoms with Crippen LogP contribution >= 0.6 is 0 Å². The smallest absolute Gasteiger partial charge is 0.328 e. The number of amides is 4. The van der Waals surface area contributed by atoms with Crippen LogP contribution in [0.5, 0.6) is 5.75 Å². The van der Waals surface area contributed by atoms with Crippen molar-refractivity contribution in [3.63, 3.8) is 0 Å². The van der Waals surface area contributed by atoms with Crippen molar-refractivity contribution in [3.8, 4) is 5.75 Å². The minimum Gasteiger partial charge on any atom is -0.507 e. The van der Waals surface area contributed by atoms with Gasteiger partial charge in [0, 0.05) is 13.1 Å². The summed E-state index contributed by atoms with van der Waals surface area (Å²) in [5.41, 5.74) is 0.326. The largest absolute Gasteiger partial charge is 0.507 e. The van der Waals surface area contributed by atoms with Gasteiger partial charge in [0.05, 0.1) is 11.5 Å². The molecule has 0 bridgehead atoms. The second-order valence-corrected chi connectivity index (χ2v) is 14.7. The van der Waals surface area contributed by atoms with E-state index in [1.54, 1.807) is 25.1 Å². The molecular formula is C40H63N5O10. The predicted molar refractivity (Wildman–Crippen MR) is 204 cm³/mol. The number of phenols is 1. The summed E-state index contributed by atoms with van der Waals surface area (Å²) in [6.07, 6.45) is 14.5. The van der Waals surface area contributed by atoms with E-state index >= 15 is 0 Å². The molecule has 0 saturated carbocycles. The number of unbranched alkanes of at least 4 members (excludes halogenated alkanes) is 11. The number of carbonyl (C=O) groups is 5. The van der Waals surface area contributed by atoms with Crippen molar-refractivity contribution < 1.29 is 49.0 Å². The van der Waals surface area contributed by atoms with Crippen LogP contribution in [0.3, 0.4) is 0 Å². The zero-order valence-corrected chi connectivity index (χ0v) is 32.7. The molecule has 3 rings (SSSR count). The molecule has 0 aromatic heterocycles. The predicted octanol–water partition coefficient (Wildman–Crippen LogP) is 5.18. The Kier molecular flexibility index (Phi) is 20.5. The van der Waals surface area contributed by atoms with Crippen LogP contribution in [0.4, 0.5) is 0 Å². The van der Waals surface area contributed by atoms with Crippen LogP contribution in [-0.2, 0) is 33.4 Å². The summed E-state index contributed by atoms with van der Waals surface area (Å²) in [7, 11) is 0. The number of benzene rings is 1. The average molecular weight is 774 g/mol. The van der Waals surface area contributed by atoms with Crippen molar-refractivity contribution >= 4 is 36.0 Å². The van der Waals surface area contributed by atoms with Crippen molar-refractivity contribution in [2.24, 2.45) is 10.9 Å². The zero-order valence-electron chi connectivity index (χ0n) is 32.7. The maximum Gasteiger partial charge on any atom is 0.328 e. The molecule has 0 aliphatic carbocycles. The first-order valence-corrected chi connectivity index (χ1v) is 20.3. The van der Waals surface area contributed by atoms with Crippen LogP contribution in [0.1, 0.15) is 135 Å². The summed E-state index contributed by atoms with van der Waals surface area (Å²) in [5, 5.41) is 36.5. The molecule has 15 heteroatoms. The van der Waals surface area contributed by atoms with Gasteiger partial charge in [0.25, 0.3) is 5.91 Å². The van der Waals surface area contributed by atoms with Crippen molar-refractivity contribution in [2.45, 2.75) is 154 Å². The van der Waals surface area contributed by atoms with Crippen LogP contribution < -0.4 is 10.6 Å². The summed E-state index contributed by atoms with van der Waals surface area (Å²) in [4.78, 5) is 68.8. The lowest BCUT2D eigenvalue weighted by molar-refractivity contribution is -0.167. The number of phenolic OH excluding ortho intramolecular Hbond substituents is 1. The van der Waals surface area contributed by atoms with E-state index < -0.39 is 53.8 Å². The van der Waals surface area contributed by atoms with E-state index in [9.17, 15) is 39.5 Å². The van der Waals surface area contributed by atoms with Gasteiger partial charge in [-0.25, -0.2) is 19.9 Å². The van der Waals surface area contributed by atoms with Gasteiger partial charge in [0.15, 0.2) is 6.04 Å². The standard InChI is InChI=1S/C40H63N5O10/c1-3-4-5-6-7-8-9-10-11-12-13-24-35(29(2)36(48)41-31-21-17-19-26-45(53)39(31)50)55-40(51)32(22-16-18-25-44(52)28-46)42-37(49)33-27-54-38(43-33)30-20-14-15-23-34(30)47/h14-15,20,23,28-29,31-33,35,47,52-53H,3-13,16-19,21-22,24-27H2,1-2H3,(H,41,48)(H,42,49)/t29-,31-,32+,33-,35+/m1/s1. The highest BCUT2D eigenvalue weighted by atomic mass is 16.5. The number of rotatable bonds is 26. The van der Waals surface area contributed by atoms with E-state index in [4.69, 9.17) is 9.47 Å². The highest BCUT2D eigenvalue weighted by Gasteiger charge is 2.36. The first kappa shape index (κ1) is 45.2. The van der Waals surface area contributed by atoms with E-state index in [1.807, 2.05) is 0 Å². The summed E-state index contributed by atoms with van der Waals surface area (Å²) in [6.45, 7) is 3.94. The average Bonchev–Trinajstić information content (AvgIpc) is 3.62. The number of aromatic hydroxyl groups is 1. The van der Waals surface area contributed by atoms with Crippen molar-refractivity contribution in [3.05, 3.63) is 29.8 Å². The van der Waals surface area contributed by atoms with Gasteiger partial charge in [-0.05, 0) is 63.5 Å². The summed E-state index contributed by atoms with van der Waals surface area (Å²) >= 11 is 0. The Morgan fingerprint density at radius 3 is 2.33 bits per heavy atom. The Morgan fingerprint density at radius 2 is 1.65 bits per heavy atom. The minimum absolute atomic E-state index is 0.0216. The number of aliphatic imine (C=N–C) groups is 1. The highest BCUT2D eigenvalue weighted by Crippen LogP contribution is 2.23. The lowest BCUT2D eigenvalue weighted by atomic mass is 9.96. The van der Waals surface area contributed by atoms with E-state index in [-0.39, 0.29) is 44.2 Å². The maximum absolute atomic E-state index is 13.9. The second kappa shape index (κ2) is 25.0. The minimum atomic E-state index is -1.15. The molecule has 1 aromatic carbocycles. The maximum atomic E-state index is 13.9. The molecule has 55 heavy (non-hydrogen) atoms. The van der Waals surface area contributed by atoms with Gasteiger partial charge in [-0.3, -0.25) is 29.6 Å². The SMILES string of the molecule is CCCCCCCCCCCCC[C@H](OC(=O)[C@H](CCCCN(O)C=O)NC(=O)[C@H]1COC(c2ccccc2O)=N1)[C@@H](C)C(=O)N[C@@H]1CCCCN(O)C1=O. The van der Waals surface area contributed by atoms with Gasteiger partial charge in [-0.15, -0.1) is 0 Å². The molecule has 0 unspecified atom stereocenters. The first-order chi connectivity index (χ1) is 26.5. The van der Waals surface area contributed by atoms with E-state index in [0.717, 1.165) is 25.7 Å². The molecule has 1 fully saturated rings. The van der Waals surface area contributed by atoms with E-state index in [1.165, 1.54) is 44.6 Å². The fourth-order valence-corrected chi connectivity index (χ4v) is 6.78. The molecule has 1 saturated heterocycles. The van der Waals surface area contributed by atoms with E-state index in [0.29, 0.717) is 60.6 Å². The number of hydrogen-bond donors (Lipinski definition) is 5. The molecule has 15 nitrogen and oxygen atoms in total. The Balaban J connectivity index is 1.69. The molecule has 2 heterocycles. The van der Waals surface area contributed by atoms with Gasteiger partial charge in [0.2, 0.25) is 24.1 Å². The molecule has 1 aromatic rings. The van der Waals surface area contributed by atoms with Crippen LogP contribution in [0, 0.1) is 5.92 Å². The van der Waals surface area contributed by atoms with Crippen molar-refractivity contribution in [1.82, 2.24) is 20.8 Å². The number of nitrogens with zero attached hydrogens (tertiary/aromatic N) is 3. The Bertz CT molecular complexity index is 1390. The van der Waals surface area contributed by atoms with Gasteiger partial charge < -0.3 is 25.2 Å². The number of para-hydroxylation sites is 1. The number of nitrogens with one attached hydrogen (secondary N) is 2. The second-order valence-electron chi connectivity index (χ2n) is 14.7. The molecule has 5 atom stereocenters. The third-order valence-corrected chi connectivity index (χ3v) is 10.3. The Labute approximate surface area is 325 Å². The lowest BCUT2D eigenvalue weighted by Crippen LogP contribution is -2.51. The van der Waals surface area contributed by atoms with Crippen molar-refractivity contribution in [1.29, 1.82) is 0 Å². The molecule has 0 spiro atoms. The van der Waals surface area contributed by atoms with Crippen LogP contribution in [0.2, 0.25) is 0 Å². The number of carbonyl (C=O) groups excluding carboxylic acids is 5. The Hall–Kier alpha value is -4.24. The lowest BCUT2D eigenvalue weighted by Gasteiger charge is -2.28. The van der Waals surface area contributed by atoms with Crippen molar-refractivity contribution in [2.75, 3.05) is 19.7 Å². The normalized spacial score (nSPS) is 18.7. The molecular weight excluding hydrogens is 710 g/mol. The zero-order chi connectivity index (χ0) is 40.0. The van der Waals surface area contributed by atoms with Gasteiger partial charge in [0.1, 0.15) is 30.5 Å². The number of esters is 1. The number of hydrogen-bond acceptors (Lipinski definition) is 11. The third-order valence-electron chi connectivity index (χ3n) is 10.3. The fourth-order valence-electron chi connectivity index (χ4n) is 6.78. The molecule has 0 radical (unpaired) electrons. The van der Waals surface area contributed by atoms with Crippen LogP contribution in [0.25, 0.3) is 0 Å². The number of ether oxygens (including phenoxy) is 2. The fraction of sp³-hybridized carbons (Fsp3) is 0.700. The molecule has 308 valence electrons. The van der Waals surface area contributed by atoms with Crippen LogP contribution in [-0.4, -0.2) is 106 Å². The van der Waals surface area contributed by atoms with Gasteiger partial charge in [-0.1, -0.05) is 90.2 Å². The Morgan fingerprint density at radius 1 is 1.00 bits per heavy atom. The monoisotopic (exact) mass is 773 g/mol. The van der Waals surface area contributed by atoms with Gasteiger partial charge >= 0.3 is 5.97 Å². The quantitative estimate of drug-likeness (QED) is 0.0274. The molecule has 2 aliphatic heterocycles. The first-order valence-electron chi connectivity index (χ1n) is 20.3. The number of hydroxylamine groups is 4. The summed E-state index contributed by atoms with van der Waals surface area (Å²) in [6, 6.07) is 3.37.